The van der Waals surface area contributed by atoms with E-state index in [-0.39, 0.29) is 0 Å². The lowest BCUT2D eigenvalue weighted by atomic mass is 10.00. The summed E-state index contributed by atoms with van der Waals surface area (Å²) in [6.07, 6.45) is 4.47. The van der Waals surface area contributed by atoms with Gasteiger partial charge in [-0.1, -0.05) is 30.3 Å². The largest absolute Gasteiger partial charge is 0.358 e. The summed E-state index contributed by atoms with van der Waals surface area (Å²) in [7, 11) is 1.44. The number of aromatic nitrogens is 2. The molecule has 1 atom stereocenters. The smallest absolute Gasteiger partial charge is 0.222 e. The first-order chi connectivity index (χ1) is 7.77. The van der Waals surface area contributed by atoms with Crippen LogP contribution in [0.15, 0.2) is 49.1 Å². The van der Waals surface area contributed by atoms with Gasteiger partial charge in [0.25, 0.3) is 0 Å². The van der Waals surface area contributed by atoms with Crippen molar-refractivity contribution in [2.75, 3.05) is 7.11 Å². The van der Waals surface area contributed by atoms with Crippen molar-refractivity contribution in [3.63, 3.8) is 0 Å². The predicted molar refractivity (Wildman–Crippen MR) is 58.5 cm³/mol. The van der Waals surface area contributed by atoms with Gasteiger partial charge in [0.15, 0.2) is 0 Å². The molecular formula is C12H12N2O2. The van der Waals surface area contributed by atoms with E-state index in [2.05, 4.69) is 9.97 Å². The summed E-state index contributed by atoms with van der Waals surface area (Å²) in [5, 5.41) is 10.5. The third kappa shape index (κ3) is 1.80. The molecule has 0 saturated heterocycles. The summed E-state index contributed by atoms with van der Waals surface area (Å²) in [4.78, 5) is 7.75. The van der Waals surface area contributed by atoms with Crippen LogP contribution in [-0.2, 0) is 10.5 Å². The minimum absolute atomic E-state index is 0.503. The van der Waals surface area contributed by atoms with Crippen LogP contribution in [0.2, 0.25) is 0 Å². The summed E-state index contributed by atoms with van der Waals surface area (Å²) in [5.41, 5.74) is 1.15. The molecule has 16 heavy (non-hydrogen) atoms. The van der Waals surface area contributed by atoms with Gasteiger partial charge in [-0.05, 0) is 0 Å². The number of hydrogen-bond donors (Lipinski definition) is 1. The van der Waals surface area contributed by atoms with Crippen molar-refractivity contribution in [2.24, 2.45) is 0 Å². The standard InChI is InChI=1S/C12H12N2O2/c1-16-12(15,10-5-3-2-4-6-10)11-7-13-9-14-8-11/h2-9,15H,1H3. The molecule has 1 heterocycles. The van der Waals surface area contributed by atoms with E-state index in [1.54, 1.807) is 12.1 Å². The second-order valence-electron chi connectivity index (χ2n) is 3.34. The van der Waals surface area contributed by atoms with Gasteiger partial charge in [-0.3, -0.25) is 0 Å². The first-order valence-corrected chi connectivity index (χ1v) is 4.86. The number of benzene rings is 1. The maximum atomic E-state index is 10.5. The Hall–Kier alpha value is -1.78. The molecule has 2 aromatic rings. The number of ether oxygens (including phenoxy) is 1. The molecule has 0 aliphatic heterocycles. The Kier molecular flexibility index (Phi) is 2.94. The Morgan fingerprint density at radius 1 is 1.06 bits per heavy atom. The summed E-state index contributed by atoms with van der Waals surface area (Å²) in [6.45, 7) is 0. The van der Waals surface area contributed by atoms with Crippen molar-refractivity contribution in [1.82, 2.24) is 9.97 Å². The van der Waals surface area contributed by atoms with Crippen LogP contribution in [0.1, 0.15) is 11.1 Å². The Balaban J connectivity index is 2.49. The average Bonchev–Trinajstić information content (AvgIpc) is 2.40. The molecule has 0 radical (unpaired) electrons. The molecule has 4 heteroatoms. The molecule has 2 rings (SSSR count). The van der Waals surface area contributed by atoms with Crippen molar-refractivity contribution < 1.29 is 9.84 Å². The zero-order valence-corrected chi connectivity index (χ0v) is 8.87. The maximum absolute atomic E-state index is 10.5. The van der Waals surface area contributed by atoms with Gasteiger partial charge < -0.3 is 9.84 Å². The van der Waals surface area contributed by atoms with E-state index < -0.39 is 5.79 Å². The molecular weight excluding hydrogens is 204 g/mol. The van der Waals surface area contributed by atoms with Crippen molar-refractivity contribution in [3.05, 3.63) is 60.2 Å². The second-order valence-corrected chi connectivity index (χ2v) is 3.34. The molecule has 0 spiro atoms. The highest BCUT2D eigenvalue weighted by Crippen LogP contribution is 2.28. The fourth-order valence-corrected chi connectivity index (χ4v) is 1.54. The van der Waals surface area contributed by atoms with Crippen LogP contribution in [0.4, 0.5) is 0 Å². The van der Waals surface area contributed by atoms with E-state index in [9.17, 15) is 5.11 Å². The highest BCUT2D eigenvalue weighted by Gasteiger charge is 2.31. The van der Waals surface area contributed by atoms with Gasteiger partial charge in [-0.2, -0.15) is 0 Å². The van der Waals surface area contributed by atoms with Gasteiger partial charge >= 0.3 is 0 Å². The Morgan fingerprint density at radius 2 is 1.69 bits per heavy atom. The molecule has 82 valence electrons. The molecule has 1 aromatic carbocycles. The third-order valence-electron chi connectivity index (χ3n) is 2.41. The minimum atomic E-state index is -1.50. The lowest BCUT2D eigenvalue weighted by Crippen LogP contribution is -2.29. The molecule has 0 aliphatic rings. The first-order valence-electron chi connectivity index (χ1n) is 4.86. The predicted octanol–water partition coefficient (Wildman–Crippen LogP) is 1.32. The molecule has 0 fully saturated rings. The zero-order chi connectivity index (χ0) is 11.4. The summed E-state index contributed by atoms with van der Waals surface area (Å²) >= 11 is 0. The minimum Gasteiger partial charge on any atom is -0.358 e. The van der Waals surface area contributed by atoms with Crippen LogP contribution >= 0.6 is 0 Å². The van der Waals surface area contributed by atoms with E-state index in [0.717, 1.165) is 0 Å². The lowest BCUT2D eigenvalue weighted by Gasteiger charge is -2.26. The van der Waals surface area contributed by atoms with E-state index in [1.807, 2.05) is 18.2 Å². The topological polar surface area (TPSA) is 55.2 Å². The molecule has 1 unspecified atom stereocenters. The molecule has 1 aromatic heterocycles. The van der Waals surface area contributed by atoms with Crippen molar-refractivity contribution in [2.45, 2.75) is 5.79 Å². The van der Waals surface area contributed by atoms with Gasteiger partial charge in [0.05, 0.1) is 5.56 Å². The average molecular weight is 216 g/mol. The van der Waals surface area contributed by atoms with Gasteiger partial charge in [0.2, 0.25) is 5.79 Å². The molecule has 0 bridgehead atoms. The maximum Gasteiger partial charge on any atom is 0.222 e. The van der Waals surface area contributed by atoms with Gasteiger partial charge in [0.1, 0.15) is 6.33 Å². The molecule has 4 nitrogen and oxygen atoms in total. The normalized spacial score (nSPS) is 14.4. The number of hydrogen-bond acceptors (Lipinski definition) is 4. The quantitative estimate of drug-likeness (QED) is 0.786. The lowest BCUT2D eigenvalue weighted by molar-refractivity contribution is -0.160. The fraction of sp³-hybridized carbons (Fsp3) is 0.167. The van der Waals surface area contributed by atoms with E-state index in [0.29, 0.717) is 11.1 Å². The van der Waals surface area contributed by atoms with Crippen molar-refractivity contribution in [1.29, 1.82) is 0 Å². The van der Waals surface area contributed by atoms with Crippen LogP contribution in [0.25, 0.3) is 0 Å². The highest BCUT2D eigenvalue weighted by molar-refractivity contribution is 5.30. The Morgan fingerprint density at radius 3 is 2.25 bits per heavy atom. The fourth-order valence-electron chi connectivity index (χ4n) is 1.54. The van der Waals surface area contributed by atoms with E-state index in [4.69, 9.17) is 4.74 Å². The summed E-state index contributed by atoms with van der Waals surface area (Å²) in [6, 6.07) is 9.13. The third-order valence-corrected chi connectivity index (χ3v) is 2.41. The molecule has 1 N–H and O–H groups in total. The SMILES string of the molecule is COC(O)(c1ccccc1)c1cncnc1. The summed E-state index contributed by atoms with van der Waals surface area (Å²) < 4.78 is 5.19. The number of rotatable bonds is 3. The Labute approximate surface area is 93.6 Å². The Bertz CT molecular complexity index is 406. The second kappa shape index (κ2) is 4.38. The molecule has 0 saturated carbocycles. The van der Waals surface area contributed by atoms with Crippen molar-refractivity contribution >= 4 is 0 Å². The number of aliphatic hydroxyl groups is 1. The van der Waals surface area contributed by atoms with Gasteiger partial charge in [0, 0.05) is 25.1 Å². The van der Waals surface area contributed by atoms with Crippen LogP contribution in [0.3, 0.4) is 0 Å². The molecule has 0 aliphatic carbocycles. The van der Waals surface area contributed by atoms with Crippen LogP contribution in [0.5, 0.6) is 0 Å². The van der Waals surface area contributed by atoms with Gasteiger partial charge in [-0.25, -0.2) is 9.97 Å². The van der Waals surface area contributed by atoms with Crippen molar-refractivity contribution in [3.8, 4) is 0 Å². The monoisotopic (exact) mass is 216 g/mol. The van der Waals surface area contributed by atoms with E-state index >= 15 is 0 Å². The van der Waals surface area contributed by atoms with Crippen LogP contribution in [-0.4, -0.2) is 22.2 Å². The van der Waals surface area contributed by atoms with Crippen LogP contribution in [0, 0.1) is 0 Å². The first kappa shape index (κ1) is 10.7. The van der Waals surface area contributed by atoms with E-state index in [1.165, 1.54) is 25.8 Å². The summed E-state index contributed by atoms with van der Waals surface area (Å²) in [5.74, 6) is -1.50. The highest BCUT2D eigenvalue weighted by atomic mass is 16.6. The number of nitrogens with zero attached hydrogens (tertiary/aromatic N) is 2. The number of methoxy groups -OCH3 is 1. The van der Waals surface area contributed by atoms with Crippen LogP contribution < -0.4 is 0 Å². The van der Waals surface area contributed by atoms with Gasteiger partial charge in [-0.15, -0.1) is 0 Å². The zero-order valence-electron chi connectivity index (χ0n) is 8.87. The molecule has 0 amide bonds.